The van der Waals surface area contributed by atoms with Crippen LogP contribution in [0.3, 0.4) is 0 Å². The minimum Gasteiger partial charge on any atom is -0.497 e. The van der Waals surface area contributed by atoms with Crippen molar-refractivity contribution in [1.82, 2.24) is 19.8 Å². The standard InChI is InChI=1S/C35H48N4O3/c1-42-30-22-20-27(21-23-30)25-34(40)36-24-12-4-9-19-33-37-31-17-10-11-18-32(31)38(33)26-35(41)39(28-13-5-2-6-14-28)29-15-7-3-8-16-29/h10-11,17-18,20-23,28-29H,2-9,12-16,19,24-26H2,1H3,(H,36,40). The van der Waals surface area contributed by atoms with Crippen molar-refractivity contribution in [1.29, 1.82) is 0 Å². The number of carbonyl (C=O) groups excluding carboxylic acids is 2. The number of hydrogen-bond acceptors (Lipinski definition) is 4. The molecule has 5 rings (SSSR count). The van der Waals surface area contributed by atoms with Crippen LogP contribution in [0.5, 0.6) is 5.75 Å². The average molecular weight is 573 g/mol. The molecule has 2 aromatic carbocycles. The van der Waals surface area contributed by atoms with E-state index in [2.05, 4.69) is 26.9 Å². The number of nitrogens with one attached hydrogen (secondary N) is 1. The number of nitrogens with zero attached hydrogens (tertiary/aromatic N) is 3. The molecule has 7 nitrogen and oxygen atoms in total. The maximum absolute atomic E-state index is 14.1. The van der Waals surface area contributed by atoms with Crippen LogP contribution in [-0.4, -0.2) is 52.0 Å². The highest BCUT2D eigenvalue weighted by Crippen LogP contribution is 2.31. The Bertz CT molecular complexity index is 1270. The van der Waals surface area contributed by atoms with E-state index in [9.17, 15) is 9.59 Å². The molecule has 2 aliphatic rings. The Kier molecular flexibility index (Phi) is 10.9. The summed E-state index contributed by atoms with van der Waals surface area (Å²) in [6.07, 6.45) is 16.2. The lowest BCUT2D eigenvalue weighted by Crippen LogP contribution is -2.50. The van der Waals surface area contributed by atoms with E-state index < -0.39 is 0 Å². The molecule has 0 aliphatic heterocycles. The van der Waals surface area contributed by atoms with Crippen molar-refractivity contribution in [2.24, 2.45) is 0 Å². The van der Waals surface area contributed by atoms with Crippen LogP contribution in [0.4, 0.5) is 0 Å². The lowest BCUT2D eigenvalue weighted by molar-refractivity contribution is -0.138. The smallest absolute Gasteiger partial charge is 0.243 e. The van der Waals surface area contributed by atoms with Crippen molar-refractivity contribution in [3.05, 3.63) is 59.9 Å². The van der Waals surface area contributed by atoms with E-state index in [1.807, 2.05) is 36.4 Å². The van der Waals surface area contributed by atoms with Crippen LogP contribution >= 0.6 is 0 Å². The van der Waals surface area contributed by atoms with Crippen LogP contribution in [0.15, 0.2) is 48.5 Å². The van der Waals surface area contributed by atoms with Gasteiger partial charge in [-0.25, -0.2) is 4.98 Å². The van der Waals surface area contributed by atoms with E-state index in [1.165, 1.54) is 38.5 Å². The third kappa shape index (κ3) is 7.93. The Morgan fingerprint density at radius 3 is 2.21 bits per heavy atom. The first-order chi connectivity index (χ1) is 20.6. The molecule has 2 aliphatic carbocycles. The van der Waals surface area contributed by atoms with Crippen molar-refractivity contribution in [3.8, 4) is 5.75 Å². The van der Waals surface area contributed by atoms with Gasteiger partial charge in [0.05, 0.1) is 24.6 Å². The van der Waals surface area contributed by atoms with Crippen molar-refractivity contribution in [2.75, 3.05) is 13.7 Å². The van der Waals surface area contributed by atoms with Crippen LogP contribution in [0.1, 0.15) is 94.9 Å². The van der Waals surface area contributed by atoms with Gasteiger partial charge in [-0.2, -0.15) is 0 Å². The van der Waals surface area contributed by atoms with Gasteiger partial charge in [-0.05, 0) is 68.4 Å². The van der Waals surface area contributed by atoms with Gasteiger partial charge in [0.25, 0.3) is 0 Å². The number of aromatic nitrogens is 2. The summed E-state index contributed by atoms with van der Waals surface area (Å²) < 4.78 is 7.37. The molecule has 0 atom stereocenters. The molecule has 0 bridgehead atoms. The molecule has 0 saturated heterocycles. The SMILES string of the molecule is COc1ccc(CC(=O)NCCCCCc2nc3ccccc3n2CC(=O)N(C2CCCCC2)C2CCCCC2)cc1. The molecule has 2 fully saturated rings. The second kappa shape index (κ2) is 15.2. The number of imidazole rings is 1. The number of unbranched alkanes of at least 4 members (excludes halogenated alkanes) is 2. The molecule has 0 radical (unpaired) electrons. The van der Waals surface area contributed by atoms with Crippen molar-refractivity contribution < 1.29 is 14.3 Å². The highest BCUT2D eigenvalue weighted by molar-refractivity contribution is 5.81. The maximum Gasteiger partial charge on any atom is 0.243 e. The summed E-state index contributed by atoms with van der Waals surface area (Å²) in [6, 6.07) is 16.6. The van der Waals surface area contributed by atoms with Gasteiger partial charge < -0.3 is 19.5 Å². The quantitative estimate of drug-likeness (QED) is 0.234. The van der Waals surface area contributed by atoms with Gasteiger partial charge in [0.1, 0.15) is 18.1 Å². The van der Waals surface area contributed by atoms with E-state index in [1.54, 1.807) is 7.11 Å². The number of ether oxygens (including phenoxy) is 1. The highest BCUT2D eigenvalue weighted by Gasteiger charge is 2.33. The third-order valence-corrected chi connectivity index (χ3v) is 9.17. The number of fused-ring (bicyclic) bond motifs is 1. The highest BCUT2D eigenvalue weighted by atomic mass is 16.5. The summed E-state index contributed by atoms with van der Waals surface area (Å²) in [7, 11) is 1.64. The Balaban J connectivity index is 1.16. The first-order valence-electron chi connectivity index (χ1n) is 16.3. The van der Waals surface area contributed by atoms with Gasteiger partial charge in [-0.15, -0.1) is 0 Å². The van der Waals surface area contributed by atoms with E-state index in [0.29, 0.717) is 31.6 Å². The predicted molar refractivity (Wildman–Crippen MR) is 168 cm³/mol. The van der Waals surface area contributed by atoms with Gasteiger partial charge in [-0.3, -0.25) is 9.59 Å². The molecule has 1 N–H and O–H groups in total. The van der Waals surface area contributed by atoms with E-state index in [4.69, 9.17) is 9.72 Å². The van der Waals surface area contributed by atoms with E-state index in [0.717, 1.165) is 79.5 Å². The van der Waals surface area contributed by atoms with Crippen LogP contribution in [0.25, 0.3) is 11.0 Å². The van der Waals surface area contributed by atoms with Crippen molar-refractivity contribution >= 4 is 22.8 Å². The lowest BCUT2D eigenvalue weighted by atomic mass is 9.88. The molecule has 1 heterocycles. The molecule has 42 heavy (non-hydrogen) atoms. The Hall–Kier alpha value is -3.35. The first kappa shape index (κ1) is 30.1. The summed E-state index contributed by atoms with van der Waals surface area (Å²) >= 11 is 0. The molecule has 7 heteroatoms. The third-order valence-electron chi connectivity index (χ3n) is 9.17. The molecule has 0 unspecified atom stereocenters. The maximum atomic E-state index is 14.1. The van der Waals surface area contributed by atoms with Crippen molar-refractivity contribution in [2.45, 2.75) is 115 Å². The fourth-order valence-electron chi connectivity index (χ4n) is 6.94. The molecule has 2 saturated carbocycles. The predicted octanol–water partition coefficient (Wildman–Crippen LogP) is 6.61. The second-order valence-corrected chi connectivity index (χ2v) is 12.2. The molecular formula is C35H48N4O3. The zero-order valence-corrected chi connectivity index (χ0v) is 25.4. The molecule has 0 spiro atoms. The van der Waals surface area contributed by atoms with Crippen LogP contribution in [-0.2, 0) is 29.0 Å². The summed E-state index contributed by atoms with van der Waals surface area (Å²) in [4.78, 5) is 33.7. The summed E-state index contributed by atoms with van der Waals surface area (Å²) in [5, 5.41) is 3.05. The minimum atomic E-state index is 0.0426. The van der Waals surface area contributed by atoms with Crippen LogP contribution < -0.4 is 10.1 Å². The number of aryl methyl sites for hydroxylation is 1. The first-order valence-corrected chi connectivity index (χ1v) is 16.3. The van der Waals surface area contributed by atoms with Crippen LogP contribution in [0, 0.1) is 0 Å². The minimum absolute atomic E-state index is 0.0426. The normalized spacial score (nSPS) is 16.4. The van der Waals surface area contributed by atoms with Gasteiger partial charge in [0.15, 0.2) is 0 Å². The summed E-state index contributed by atoms with van der Waals surface area (Å²) in [6.45, 7) is 1.05. The fourth-order valence-corrected chi connectivity index (χ4v) is 6.94. The van der Waals surface area contributed by atoms with Gasteiger partial charge in [0, 0.05) is 25.0 Å². The Labute approximate surface area is 251 Å². The van der Waals surface area contributed by atoms with Crippen molar-refractivity contribution in [3.63, 3.8) is 0 Å². The number of hydrogen-bond donors (Lipinski definition) is 1. The Morgan fingerprint density at radius 2 is 1.55 bits per heavy atom. The number of benzene rings is 2. The topological polar surface area (TPSA) is 76.5 Å². The number of amides is 2. The van der Waals surface area contributed by atoms with Crippen LogP contribution in [0.2, 0.25) is 0 Å². The Morgan fingerprint density at radius 1 is 0.881 bits per heavy atom. The molecule has 3 aromatic rings. The molecule has 226 valence electrons. The zero-order chi connectivity index (χ0) is 29.1. The van der Waals surface area contributed by atoms with E-state index in [-0.39, 0.29) is 11.8 Å². The summed E-state index contributed by atoms with van der Waals surface area (Å²) in [5.74, 6) is 2.11. The number of para-hydroxylation sites is 2. The number of methoxy groups -OCH3 is 1. The van der Waals surface area contributed by atoms with Gasteiger partial charge in [0.2, 0.25) is 11.8 Å². The second-order valence-electron chi connectivity index (χ2n) is 12.2. The fraction of sp³-hybridized carbons (Fsp3) is 0.571. The van der Waals surface area contributed by atoms with Gasteiger partial charge in [-0.1, -0.05) is 69.2 Å². The monoisotopic (exact) mass is 572 g/mol. The molecule has 1 aromatic heterocycles. The number of rotatable bonds is 13. The summed E-state index contributed by atoms with van der Waals surface area (Å²) in [5.41, 5.74) is 3.00. The number of carbonyl (C=O) groups is 2. The van der Waals surface area contributed by atoms with E-state index >= 15 is 0 Å². The zero-order valence-electron chi connectivity index (χ0n) is 25.4. The average Bonchev–Trinajstić information content (AvgIpc) is 3.37. The molecular weight excluding hydrogens is 524 g/mol. The molecule has 2 amide bonds. The largest absolute Gasteiger partial charge is 0.497 e. The lowest BCUT2D eigenvalue weighted by Gasteiger charge is -2.42. The van der Waals surface area contributed by atoms with Gasteiger partial charge >= 0.3 is 0 Å².